The fourth-order valence-electron chi connectivity index (χ4n) is 1.25. The van der Waals surface area contributed by atoms with Crippen LogP contribution in [0.3, 0.4) is 0 Å². The normalized spacial score (nSPS) is 9.11. The third kappa shape index (κ3) is 5.40. The van der Waals surface area contributed by atoms with Gasteiger partial charge in [0.1, 0.15) is 11.5 Å². The minimum absolute atomic E-state index is 0.917. The predicted molar refractivity (Wildman–Crippen MR) is 70.8 cm³/mol. The molecule has 96 valence electrons. The molecule has 0 spiro atoms. The van der Waals surface area contributed by atoms with Crippen molar-refractivity contribution in [2.75, 3.05) is 14.2 Å². The highest BCUT2D eigenvalue weighted by Crippen LogP contribution is 2.09. The molecule has 0 aliphatic rings. The first-order valence-corrected chi connectivity index (χ1v) is 6.74. The lowest BCUT2D eigenvalue weighted by atomic mass is 10.2. The molecular weight excluding hydrogens is 339 g/mol. The molecule has 0 aliphatic carbocycles. The van der Waals surface area contributed by atoms with E-state index in [1.807, 2.05) is 71.1 Å². The zero-order chi connectivity index (χ0) is 13.4. The first-order chi connectivity index (χ1) is 8.65. The number of hydrogen-bond acceptors (Lipinski definition) is 2. The highest BCUT2D eigenvalue weighted by molar-refractivity contribution is 5.25. The van der Waals surface area contributed by atoms with Crippen molar-refractivity contribution in [2.24, 2.45) is 0 Å². The quantitative estimate of drug-likeness (QED) is 0.713. The van der Waals surface area contributed by atoms with E-state index in [9.17, 15) is 0 Å². The second-order valence-corrected chi connectivity index (χ2v) is 5.04. The van der Waals surface area contributed by atoms with Gasteiger partial charge in [0.2, 0.25) is 0 Å². The topological polar surface area (TPSA) is 18.5 Å². The van der Waals surface area contributed by atoms with Crippen molar-refractivity contribution in [1.82, 2.24) is 0 Å². The van der Waals surface area contributed by atoms with E-state index in [0.29, 0.717) is 0 Å². The van der Waals surface area contributed by atoms with Gasteiger partial charge in [-0.2, -0.15) is 0 Å². The van der Waals surface area contributed by atoms with Crippen LogP contribution in [0.1, 0.15) is 5.56 Å². The fourth-order valence-corrected chi connectivity index (χ4v) is 1.64. The first kappa shape index (κ1) is 14.8. The molecule has 2 aromatic rings. The van der Waals surface area contributed by atoms with Crippen LogP contribution in [0.4, 0.5) is 0 Å². The molecule has 2 nitrogen and oxygen atoms in total. The Morgan fingerprint density at radius 3 is 1.50 bits per heavy atom. The average molecular weight is 357 g/mol. The molecule has 0 aliphatic heterocycles. The Morgan fingerprint density at radius 2 is 1.11 bits per heavy atom. The molecule has 0 radical (unpaired) electrons. The minimum Gasteiger partial charge on any atom is -0.497 e. The molecule has 0 saturated carbocycles. The fraction of sp³-hybridized carbons (Fsp3) is 0.200. The largest absolute Gasteiger partial charge is 0.497 e. The van der Waals surface area contributed by atoms with E-state index in [4.69, 9.17) is 9.47 Å². The Kier molecular flexibility index (Phi) is 6.57. The summed E-state index contributed by atoms with van der Waals surface area (Å²) in [6.45, 7) is 2.06. The summed E-state index contributed by atoms with van der Waals surface area (Å²) in [5, 5.41) is 0. The van der Waals surface area contributed by atoms with E-state index in [0.717, 1.165) is 11.5 Å². The maximum atomic E-state index is 4.97. The highest BCUT2D eigenvalue weighted by atomic mass is 127. The number of ether oxygens (including phenoxy) is 2. The van der Waals surface area contributed by atoms with Crippen LogP contribution < -0.4 is 32.1 Å². The Bertz CT molecular complexity index is 403. The van der Waals surface area contributed by atoms with Crippen LogP contribution in [0, 0.1) is 10.5 Å². The van der Waals surface area contributed by atoms with Crippen LogP contribution in [0.5, 0.6) is 11.5 Å². The van der Waals surface area contributed by atoms with E-state index in [2.05, 4.69) is 6.92 Å². The lowest BCUT2D eigenvalue weighted by Crippen LogP contribution is -3.34. The molecule has 0 unspecified atom stereocenters. The van der Waals surface area contributed by atoms with Gasteiger partial charge in [-0.15, -0.1) is 0 Å². The number of halogens is 1. The molecule has 0 fully saturated rings. The number of benzene rings is 2. The number of hydrogen-bond donors (Lipinski definition) is 0. The molecule has 0 bridgehead atoms. The Hall–Kier alpha value is -1.23. The standard InChI is InChI=1S/C8H10O.C7H8IO/c1-7-3-5-8(9-2)6-4-7;1-9-7-4-2-6(8)3-5-7/h3-6H,1-2H3;2-5,8H,1H3/q;+1. The van der Waals surface area contributed by atoms with Gasteiger partial charge in [-0.25, -0.2) is 0 Å². The van der Waals surface area contributed by atoms with Crippen molar-refractivity contribution in [1.29, 1.82) is 0 Å². The van der Waals surface area contributed by atoms with Crippen molar-refractivity contribution >= 4 is 0 Å². The predicted octanol–water partition coefficient (Wildman–Crippen LogP) is 0.154. The van der Waals surface area contributed by atoms with Gasteiger partial charge in [0.15, 0.2) is 3.57 Å². The molecule has 0 N–H and O–H groups in total. The molecule has 3 heteroatoms. The molecule has 0 heterocycles. The second-order valence-electron chi connectivity index (χ2n) is 3.69. The van der Waals surface area contributed by atoms with Crippen molar-refractivity contribution in [3.63, 3.8) is 0 Å². The SMILES string of the molecule is COc1ccc(C)cc1.COc1ccc([IH+])cc1. The van der Waals surface area contributed by atoms with Gasteiger partial charge in [0, 0.05) is 0 Å². The van der Waals surface area contributed by atoms with E-state index in [1.165, 1.54) is 9.13 Å². The van der Waals surface area contributed by atoms with Gasteiger partial charge in [-0.05, 0) is 43.3 Å². The Morgan fingerprint density at radius 1 is 0.722 bits per heavy atom. The first-order valence-electron chi connectivity index (χ1n) is 5.57. The van der Waals surface area contributed by atoms with Gasteiger partial charge in [0.25, 0.3) is 22.6 Å². The van der Waals surface area contributed by atoms with E-state index in [-0.39, 0.29) is 0 Å². The molecule has 2 rings (SSSR count). The third-order valence-corrected chi connectivity index (χ3v) is 3.09. The van der Waals surface area contributed by atoms with Crippen LogP contribution in [0.15, 0.2) is 48.5 Å². The van der Waals surface area contributed by atoms with Crippen LogP contribution in [0.25, 0.3) is 0 Å². The summed E-state index contributed by atoms with van der Waals surface area (Å²) in [7, 11) is 3.34. The van der Waals surface area contributed by atoms with Crippen LogP contribution in [-0.2, 0) is 0 Å². The zero-order valence-electron chi connectivity index (χ0n) is 10.8. The summed E-state index contributed by atoms with van der Waals surface area (Å²) in [6, 6.07) is 15.9. The van der Waals surface area contributed by atoms with E-state index < -0.39 is 0 Å². The number of aryl methyl sites for hydroxylation is 1. The summed E-state index contributed by atoms with van der Waals surface area (Å²) in [4.78, 5) is 0. The molecule has 0 amide bonds. The molecule has 18 heavy (non-hydrogen) atoms. The highest BCUT2D eigenvalue weighted by Gasteiger charge is 1.93. The maximum Gasteiger partial charge on any atom is 0.296 e. The summed E-state index contributed by atoms with van der Waals surface area (Å²) in [5.41, 5.74) is 1.26. The van der Waals surface area contributed by atoms with Crippen LogP contribution >= 0.6 is 0 Å². The lowest BCUT2D eigenvalue weighted by molar-refractivity contribution is -0.328. The molecule has 0 aromatic heterocycles. The smallest absolute Gasteiger partial charge is 0.296 e. The number of methoxy groups -OCH3 is 2. The second kappa shape index (κ2) is 7.97. The van der Waals surface area contributed by atoms with Crippen molar-refractivity contribution < 1.29 is 32.1 Å². The molecule has 2 aromatic carbocycles. The summed E-state index contributed by atoms with van der Waals surface area (Å²) >= 11 is 1.99. The zero-order valence-corrected chi connectivity index (χ0v) is 13.2. The molecule has 0 saturated heterocycles. The Labute approximate surface area is 122 Å². The van der Waals surface area contributed by atoms with Crippen LogP contribution in [-0.4, -0.2) is 14.2 Å². The summed E-state index contributed by atoms with van der Waals surface area (Å²) in [6.07, 6.45) is 0. The lowest BCUT2D eigenvalue weighted by Gasteiger charge is -1.97. The van der Waals surface area contributed by atoms with Crippen molar-refractivity contribution in [2.45, 2.75) is 6.92 Å². The van der Waals surface area contributed by atoms with Crippen molar-refractivity contribution in [3.8, 4) is 11.5 Å². The van der Waals surface area contributed by atoms with Gasteiger partial charge in [-0.1, -0.05) is 17.7 Å². The average Bonchev–Trinajstić information content (AvgIpc) is 2.41. The van der Waals surface area contributed by atoms with Crippen molar-refractivity contribution in [3.05, 3.63) is 57.7 Å². The summed E-state index contributed by atoms with van der Waals surface area (Å²) < 4.78 is 11.2. The monoisotopic (exact) mass is 357 g/mol. The third-order valence-electron chi connectivity index (χ3n) is 2.32. The molecular formula is C15H18IO2+. The van der Waals surface area contributed by atoms with E-state index in [1.54, 1.807) is 14.2 Å². The van der Waals surface area contributed by atoms with Gasteiger partial charge in [-0.3, -0.25) is 0 Å². The van der Waals surface area contributed by atoms with Crippen LogP contribution in [0.2, 0.25) is 0 Å². The molecule has 0 atom stereocenters. The van der Waals surface area contributed by atoms with Gasteiger partial charge >= 0.3 is 0 Å². The summed E-state index contributed by atoms with van der Waals surface area (Å²) in [5.74, 6) is 1.84. The van der Waals surface area contributed by atoms with Gasteiger partial charge < -0.3 is 9.47 Å². The maximum absolute atomic E-state index is 4.97. The van der Waals surface area contributed by atoms with Gasteiger partial charge in [0.05, 0.1) is 14.2 Å². The Balaban J connectivity index is 0.000000180. The number of rotatable bonds is 2. The van der Waals surface area contributed by atoms with E-state index >= 15 is 0 Å². The minimum atomic E-state index is 0.917.